The summed E-state index contributed by atoms with van der Waals surface area (Å²) in [5.41, 5.74) is 6.46. The van der Waals surface area contributed by atoms with Gasteiger partial charge in [0, 0.05) is 25.2 Å². The number of carbonyl (C=O) groups excluding carboxylic acids is 1. The van der Waals surface area contributed by atoms with Gasteiger partial charge >= 0.3 is 0 Å². The lowest BCUT2D eigenvalue weighted by Crippen LogP contribution is -2.57. The summed E-state index contributed by atoms with van der Waals surface area (Å²) in [4.78, 5) is 23.5. The monoisotopic (exact) mass is 427 g/mol. The number of amides is 1. The first-order valence-corrected chi connectivity index (χ1v) is 9.49. The Labute approximate surface area is 177 Å². The van der Waals surface area contributed by atoms with Crippen molar-refractivity contribution in [3.8, 4) is 11.5 Å². The van der Waals surface area contributed by atoms with Crippen LogP contribution in [0.4, 0.5) is 0 Å². The Bertz CT molecular complexity index is 757. The first-order chi connectivity index (χ1) is 12.7. The molecule has 0 unspecified atom stereocenters. The van der Waals surface area contributed by atoms with E-state index < -0.39 is 5.54 Å². The quantitative estimate of drug-likeness (QED) is 0.805. The van der Waals surface area contributed by atoms with Gasteiger partial charge in [0.15, 0.2) is 0 Å². The van der Waals surface area contributed by atoms with Crippen LogP contribution >= 0.6 is 24.8 Å². The van der Waals surface area contributed by atoms with E-state index in [4.69, 9.17) is 10.3 Å². The van der Waals surface area contributed by atoms with E-state index in [2.05, 4.69) is 15.1 Å². The molecule has 2 aliphatic rings. The Morgan fingerprint density at radius 3 is 2.50 bits per heavy atom. The third kappa shape index (κ3) is 4.64. The second-order valence-electron chi connectivity index (χ2n) is 7.45. The first-order valence-electron chi connectivity index (χ1n) is 9.49. The number of piperidine rings is 1. The van der Waals surface area contributed by atoms with Gasteiger partial charge in [-0.2, -0.15) is 4.98 Å². The van der Waals surface area contributed by atoms with Crippen molar-refractivity contribution in [2.75, 3.05) is 13.1 Å². The zero-order chi connectivity index (χ0) is 18.0. The molecule has 9 heteroatoms. The summed E-state index contributed by atoms with van der Waals surface area (Å²) >= 11 is 0. The number of nitrogens with zero attached hydrogens (tertiary/aromatic N) is 4. The minimum Gasteiger partial charge on any atom is -0.341 e. The van der Waals surface area contributed by atoms with Crippen molar-refractivity contribution in [1.82, 2.24) is 20.0 Å². The number of halogens is 2. The number of carbonyl (C=O) groups is 1. The van der Waals surface area contributed by atoms with Gasteiger partial charge in [-0.3, -0.25) is 9.78 Å². The zero-order valence-electron chi connectivity index (χ0n) is 15.7. The van der Waals surface area contributed by atoms with Crippen LogP contribution in [0.1, 0.15) is 56.8 Å². The van der Waals surface area contributed by atoms with Crippen LogP contribution in [-0.4, -0.2) is 44.6 Å². The summed E-state index contributed by atoms with van der Waals surface area (Å²) in [6.07, 6.45) is 8.27. The molecule has 1 saturated carbocycles. The van der Waals surface area contributed by atoms with E-state index in [1.807, 2.05) is 23.1 Å². The van der Waals surface area contributed by atoms with E-state index >= 15 is 0 Å². The van der Waals surface area contributed by atoms with Crippen molar-refractivity contribution in [2.24, 2.45) is 5.73 Å². The maximum atomic E-state index is 12.8. The molecule has 4 rings (SSSR count). The summed E-state index contributed by atoms with van der Waals surface area (Å²) in [6.45, 7) is 1.40. The predicted octanol–water partition coefficient (Wildman–Crippen LogP) is 3.34. The van der Waals surface area contributed by atoms with Gasteiger partial charge in [-0.15, -0.1) is 24.8 Å². The molecule has 1 amide bonds. The average Bonchev–Trinajstić information content (AvgIpc) is 3.19. The summed E-state index contributed by atoms with van der Waals surface area (Å²) in [6, 6.07) is 5.62. The Kier molecular flexibility index (Phi) is 7.80. The van der Waals surface area contributed by atoms with E-state index in [1.165, 1.54) is 6.42 Å². The van der Waals surface area contributed by atoms with Crippen molar-refractivity contribution >= 4 is 30.7 Å². The predicted molar refractivity (Wildman–Crippen MR) is 111 cm³/mol. The SMILES string of the molecule is Cl.Cl.NC1(C(=O)N2CCC(c3nc(-c4ccccn4)no3)CC2)CCCCC1. The summed E-state index contributed by atoms with van der Waals surface area (Å²) in [7, 11) is 0. The molecule has 1 aliphatic heterocycles. The molecule has 0 bridgehead atoms. The lowest BCUT2D eigenvalue weighted by atomic mass is 9.81. The van der Waals surface area contributed by atoms with Crippen molar-refractivity contribution in [1.29, 1.82) is 0 Å². The Morgan fingerprint density at radius 2 is 1.86 bits per heavy atom. The second kappa shape index (κ2) is 9.67. The molecule has 3 heterocycles. The first kappa shape index (κ1) is 22.6. The standard InChI is InChI=1S/C19H25N5O2.2ClH/c20-19(9-3-1-4-10-19)18(25)24-12-7-14(8-13-24)17-22-16(23-26-17)15-6-2-5-11-21-15;;/h2,5-6,11,14H,1,3-4,7-10,12-13,20H2;2*1H. The number of likely N-dealkylation sites (tertiary alicyclic amines) is 1. The molecule has 2 aromatic rings. The van der Waals surface area contributed by atoms with Crippen LogP contribution in [0, 0.1) is 0 Å². The normalized spacial score (nSPS) is 19.4. The number of rotatable bonds is 3. The molecule has 0 spiro atoms. The lowest BCUT2D eigenvalue weighted by molar-refractivity contribution is -0.139. The average molecular weight is 428 g/mol. The Hall–Kier alpha value is -1.70. The molecule has 2 aromatic heterocycles. The molecule has 2 N–H and O–H groups in total. The van der Waals surface area contributed by atoms with Crippen molar-refractivity contribution in [3.05, 3.63) is 30.3 Å². The molecule has 154 valence electrons. The minimum absolute atomic E-state index is 0. The summed E-state index contributed by atoms with van der Waals surface area (Å²) < 4.78 is 5.46. The fourth-order valence-electron chi connectivity index (χ4n) is 4.04. The van der Waals surface area contributed by atoms with Gasteiger partial charge in [0.1, 0.15) is 5.69 Å². The van der Waals surface area contributed by atoms with E-state index in [-0.39, 0.29) is 36.6 Å². The van der Waals surface area contributed by atoms with Crippen LogP contribution < -0.4 is 5.73 Å². The highest BCUT2D eigenvalue weighted by atomic mass is 35.5. The fraction of sp³-hybridized carbons (Fsp3) is 0.579. The molecule has 7 nitrogen and oxygen atoms in total. The van der Waals surface area contributed by atoms with Gasteiger partial charge < -0.3 is 15.2 Å². The summed E-state index contributed by atoms with van der Waals surface area (Å²) in [5.74, 6) is 1.46. The van der Waals surface area contributed by atoms with Crippen LogP contribution in [-0.2, 0) is 4.79 Å². The topological polar surface area (TPSA) is 98.1 Å². The second-order valence-corrected chi connectivity index (χ2v) is 7.45. The van der Waals surface area contributed by atoms with E-state index in [0.717, 1.165) is 38.5 Å². The number of pyridine rings is 1. The zero-order valence-corrected chi connectivity index (χ0v) is 17.4. The van der Waals surface area contributed by atoms with Gasteiger partial charge in [-0.1, -0.05) is 30.5 Å². The molecule has 1 aliphatic carbocycles. The lowest BCUT2D eigenvalue weighted by Gasteiger charge is -2.39. The largest absolute Gasteiger partial charge is 0.341 e. The molecule has 28 heavy (non-hydrogen) atoms. The fourth-order valence-corrected chi connectivity index (χ4v) is 4.04. The van der Waals surface area contributed by atoms with Crippen LogP contribution in [0.3, 0.4) is 0 Å². The molecule has 0 radical (unpaired) electrons. The Balaban J connectivity index is 0.00000140. The highest BCUT2D eigenvalue weighted by molar-refractivity contribution is 5.86. The third-order valence-corrected chi connectivity index (χ3v) is 5.64. The van der Waals surface area contributed by atoms with Crippen LogP contribution in [0.2, 0.25) is 0 Å². The van der Waals surface area contributed by atoms with Gasteiger partial charge in [-0.05, 0) is 37.8 Å². The van der Waals surface area contributed by atoms with Gasteiger partial charge in [-0.25, -0.2) is 0 Å². The van der Waals surface area contributed by atoms with Crippen LogP contribution in [0.5, 0.6) is 0 Å². The van der Waals surface area contributed by atoms with Gasteiger partial charge in [0.05, 0.1) is 5.54 Å². The van der Waals surface area contributed by atoms with Crippen molar-refractivity contribution < 1.29 is 9.32 Å². The molecular weight excluding hydrogens is 401 g/mol. The molecule has 2 fully saturated rings. The maximum Gasteiger partial charge on any atom is 0.242 e. The highest BCUT2D eigenvalue weighted by Gasteiger charge is 2.40. The number of hydrogen-bond donors (Lipinski definition) is 1. The molecule has 0 aromatic carbocycles. The van der Waals surface area contributed by atoms with Crippen molar-refractivity contribution in [2.45, 2.75) is 56.4 Å². The molecule has 1 saturated heterocycles. The molecule has 0 atom stereocenters. The maximum absolute atomic E-state index is 12.8. The van der Waals surface area contributed by atoms with Crippen molar-refractivity contribution in [3.63, 3.8) is 0 Å². The van der Waals surface area contributed by atoms with E-state index in [9.17, 15) is 4.79 Å². The van der Waals surface area contributed by atoms with E-state index in [1.54, 1.807) is 6.20 Å². The number of nitrogens with two attached hydrogens (primary N) is 1. The van der Waals surface area contributed by atoms with Crippen LogP contribution in [0.15, 0.2) is 28.9 Å². The van der Waals surface area contributed by atoms with Gasteiger partial charge in [0.2, 0.25) is 17.6 Å². The molecular formula is C19H27Cl2N5O2. The smallest absolute Gasteiger partial charge is 0.242 e. The van der Waals surface area contributed by atoms with Crippen LogP contribution in [0.25, 0.3) is 11.5 Å². The summed E-state index contributed by atoms with van der Waals surface area (Å²) in [5, 5.41) is 4.05. The Morgan fingerprint density at radius 1 is 1.14 bits per heavy atom. The third-order valence-electron chi connectivity index (χ3n) is 5.64. The number of hydrogen-bond acceptors (Lipinski definition) is 6. The highest BCUT2D eigenvalue weighted by Crippen LogP contribution is 2.32. The number of aromatic nitrogens is 3. The minimum atomic E-state index is -0.651. The van der Waals surface area contributed by atoms with E-state index in [0.29, 0.717) is 30.5 Å². The van der Waals surface area contributed by atoms with Gasteiger partial charge in [0.25, 0.3) is 0 Å².